The molecule has 0 heterocycles. The Hall–Kier alpha value is 0.293. The molecule has 0 unspecified atom stereocenters. The minimum Gasteiger partial charge on any atom is -1.00 e. The maximum absolute atomic E-state index is 3.44. The molecule has 0 nitrogen and oxygen atoms in total. The minimum absolute atomic E-state index is 0. The molecule has 138 valence electrons. The Morgan fingerprint density at radius 2 is 1.68 bits per heavy atom. The fraction of sp³-hybridized carbons (Fsp3) is 0.591. The number of rotatable bonds is 2. The molecule has 0 atom stereocenters. The van der Waals surface area contributed by atoms with Gasteiger partial charge in [0.1, 0.15) is 0 Å². The molecule has 0 aromatic heterocycles. The van der Waals surface area contributed by atoms with Crippen LogP contribution in [0.25, 0.3) is 0 Å². The van der Waals surface area contributed by atoms with E-state index < -0.39 is 0 Å². The van der Waals surface area contributed by atoms with Crippen LogP contribution in [0.3, 0.4) is 0 Å². The van der Waals surface area contributed by atoms with E-state index in [2.05, 4.69) is 65.8 Å². The Morgan fingerprint density at radius 3 is 2.00 bits per heavy atom. The van der Waals surface area contributed by atoms with Crippen LogP contribution in [0.5, 0.6) is 0 Å². The van der Waals surface area contributed by atoms with Gasteiger partial charge in [0.2, 0.25) is 0 Å². The van der Waals surface area contributed by atoms with Crippen molar-refractivity contribution in [2.45, 2.75) is 79.6 Å². The van der Waals surface area contributed by atoms with E-state index in [9.17, 15) is 0 Å². The third-order valence-corrected chi connectivity index (χ3v) is 5.64. The molecule has 1 aromatic rings. The molecule has 3 rings (SSSR count). The van der Waals surface area contributed by atoms with Crippen LogP contribution in [0.1, 0.15) is 84.3 Å². The van der Waals surface area contributed by atoms with Crippen LogP contribution >= 0.6 is 0 Å². The molecule has 0 aliphatic heterocycles. The van der Waals surface area contributed by atoms with Gasteiger partial charge < -0.3 is 24.8 Å². The molecule has 0 N–H and O–H groups in total. The van der Waals surface area contributed by atoms with Gasteiger partial charge in [-0.3, -0.25) is 6.08 Å². The Bertz CT molecular complexity index is 573. The van der Waals surface area contributed by atoms with Crippen molar-refractivity contribution in [2.24, 2.45) is 5.41 Å². The van der Waals surface area contributed by atoms with Crippen molar-refractivity contribution in [1.29, 1.82) is 0 Å². The van der Waals surface area contributed by atoms with Gasteiger partial charge in [-0.1, -0.05) is 78.1 Å². The second-order valence-corrected chi connectivity index (χ2v) is 7.51. The van der Waals surface area contributed by atoms with Gasteiger partial charge in [-0.2, -0.15) is 34.4 Å². The molecule has 2 aliphatic rings. The van der Waals surface area contributed by atoms with Gasteiger partial charge in [-0.15, -0.1) is 6.92 Å². The zero-order valence-electron chi connectivity index (χ0n) is 16.6. The van der Waals surface area contributed by atoms with Gasteiger partial charge >= 0.3 is 26.2 Å². The van der Waals surface area contributed by atoms with E-state index in [0.29, 0.717) is 0 Å². The van der Waals surface area contributed by atoms with E-state index >= 15 is 0 Å². The summed E-state index contributed by atoms with van der Waals surface area (Å²) < 4.78 is 0. The van der Waals surface area contributed by atoms with Crippen molar-refractivity contribution in [3.8, 4) is 0 Å². The van der Waals surface area contributed by atoms with Gasteiger partial charge in [-0.05, 0) is 0 Å². The van der Waals surface area contributed by atoms with Gasteiger partial charge in [0.05, 0.1) is 0 Å². The van der Waals surface area contributed by atoms with Crippen LogP contribution in [-0.2, 0) is 32.6 Å². The summed E-state index contributed by atoms with van der Waals surface area (Å²) in [5, 5.41) is 0. The monoisotopic (exact) mass is 456 g/mol. The Morgan fingerprint density at radius 1 is 1.12 bits per heavy atom. The van der Waals surface area contributed by atoms with E-state index in [1.165, 1.54) is 54.4 Å². The van der Waals surface area contributed by atoms with E-state index in [0.717, 1.165) is 5.92 Å². The summed E-state index contributed by atoms with van der Waals surface area (Å²) in [4.78, 5) is 0. The summed E-state index contributed by atoms with van der Waals surface area (Å²) in [6.07, 6.45) is 10.4. The average Bonchev–Trinajstić information content (AvgIpc) is 3.18. The molecule has 25 heavy (non-hydrogen) atoms. The predicted molar refractivity (Wildman–Crippen MR) is 97.2 cm³/mol. The first-order valence-corrected chi connectivity index (χ1v) is 8.90. The molecular weight excluding hydrogens is 426 g/mol. The van der Waals surface area contributed by atoms with Crippen molar-refractivity contribution in [2.75, 3.05) is 0 Å². The van der Waals surface area contributed by atoms with Crippen molar-refractivity contribution in [3.05, 3.63) is 52.1 Å². The molecule has 1 aromatic carbocycles. The largest absolute Gasteiger partial charge is 4.00 e. The molecule has 0 saturated heterocycles. The third-order valence-electron chi connectivity index (χ3n) is 5.64. The van der Waals surface area contributed by atoms with Gasteiger partial charge in [0.25, 0.3) is 0 Å². The van der Waals surface area contributed by atoms with Gasteiger partial charge in [0.15, 0.2) is 0 Å². The molecule has 1 saturated carbocycles. The van der Waals surface area contributed by atoms with E-state index in [4.69, 9.17) is 0 Å². The number of halogens is 2. The zero-order chi connectivity index (χ0) is 16.3. The fourth-order valence-corrected chi connectivity index (χ4v) is 3.65. The average molecular weight is 459 g/mol. The van der Waals surface area contributed by atoms with Crippen LogP contribution in [0.2, 0.25) is 0 Å². The molecule has 0 spiro atoms. The van der Waals surface area contributed by atoms with Crippen molar-refractivity contribution in [1.82, 2.24) is 0 Å². The summed E-state index contributed by atoms with van der Waals surface area (Å²) in [5.41, 5.74) is 7.51. The smallest absolute Gasteiger partial charge is 1.00 e. The van der Waals surface area contributed by atoms with E-state index in [1.807, 2.05) is 0 Å². The van der Waals surface area contributed by atoms with Crippen LogP contribution in [0.15, 0.2) is 34.9 Å². The Kier molecular flexibility index (Phi) is 13.1. The van der Waals surface area contributed by atoms with Gasteiger partial charge in [-0.25, -0.2) is 11.6 Å². The maximum Gasteiger partial charge on any atom is 4.00 e. The second kappa shape index (κ2) is 11.9. The Balaban J connectivity index is 0. The van der Waals surface area contributed by atoms with E-state index in [1.54, 1.807) is 5.56 Å². The molecule has 0 amide bonds. The summed E-state index contributed by atoms with van der Waals surface area (Å²) >= 11 is 0. The first-order valence-electron chi connectivity index (χ1n) is 8.90. The number of allylic oxidation sites excluding steroid dienone is 4. The second-order valence-electron chi connectivity index (χ2n) is 7.51. The molecule has 0 bridgehead atoms. The maximum atomic E-state index is 3.44. The molecule has 0 radical (unpaired) electrons. The first kappa shape index (κ1) is 27.5. The number of aryl methyl sites for hydroxylation is 1. The number of hydrogen-bond donors (Lipinski definition) is 0. The van der Waals surface area contributed by atoms with Crippen LogP contribution < -0.4 is 24.8 Å². The normalized spacial score (nSPS) is 18.4. The summed E-state index contributed by atoms with van der Waals surface area (Å²) in [7, 11) is 0. The topological polar surface area (TPSA) is 0 Å². The van der Waals surface area contributed by atoms with Crippen molar-refractivity contribution in [3.63, 3.8) is 0 Å². The summed E-state index contributed by atoms with van der Waals surface area (Å²) in [6, 6.07) is 7.01. The fourth-order valence-electron chi connectivity index (χ4n) is 3.65. The van der Waals surface area contributed by atoms with Crippen LogP contribution in [-0.4, -0.2) is 0 Å². The molecule has 2 aliphatic carbocycles. The summed E-state index contributed by atoms with van der Waals surface area (Å²) in [6.45, 7) is 13.2. The zero-order valence-corrected chi connectivity index (χ0v) is 20.6. The SMILES string of the molecule is CC1=[C-]C(C)(C)C(C)=C1C.CC[c-]1ccc(C2CCCC2)c1.[Cl-].[Cl-].[Zr+4]. The third kappa shape index (κ3) is 7.08. The van der Waals surface area contributed by atoms with E-state index in [-0.39, 0.29) is 56.4 Å². The molecular formula is C22H32Cl2Zr. The molecule has 3 heteroatoms. The van der Waals surface area contributed by atoms with Gasteiger partial charge in [0, 0.05) is 0 Å². The minimum atomic E-state index is 0. The van der Waals surface area contributed by atoms with Crippen molar-refractivity contribution < 1.29 is 51.0 Å². The van der Waals surface area contributed by atoms with Crippen molar-refractivity contribution >= 4 is 0 Å². The first-order chi connectivity index (χ1) is 10.3. The Labute approximate surface area is 187 Å². The standard InChI is InChI=1S/C12H17.C10H15.2ClH.Zr/c1-2-10-7-8-12(9-10)11-5-3-4-6-11;1-7-6-10(4,5)9(3)8(7)2;;;/h7-9,11H,2-6H2,1H3;1-5H3;2*1H;/q2*-1;;;+4/p-2. The number of hydrogen-bond acceptors (Lipinski definition) is 0. The molecule has 1 fully saturated rings. The quantitative estimate of drug-likeness (QED) is 0.574. The van der Waals surface area contributed by atoms with Crippen LogP contribution in [0.4, 0.5) is 0 Å². The predicted octanol–water partition coefficient (Wildman–Crippen LogP) is 0.743. The van der Waals surface area contributed by atoms with Crippen LogP contribution in [0, 0.1) is 11.5 Å². The summed E-state index contributed by atoms with van der Waals surface area (Å²) in [5.74, 6) is 0.894.